The van der Waals surface area contributed by atoms with Crippen LogP contribution in [0.2, 0.25) is 0 Å². The molecule has 1 aliphatic carbocycles. The van der Waals surface area contributed by atoms with Crippen molar-refractivity contribution >= 4 is 0 Å². The average molecular weight is 264 g/mol. The zero-order valence-electron chi connectivity index (χ0n) is 13.1. The maximum absolute atomic E-state index is 4.11. The Morgan fingerprint density at radius 1 is 1.37 bits per heavy atom. The van der Waals surface area contributed by atoms with Gasteiger partial charge in [0.1, 0.15) is 0 Å². The third kappa shape index (κ3) is 4.19. The summed E-state index contributed by atoms with van der Waals surface area (Å²) in [5.74, 6) is 0.746. The first-order valence-electron chi connectivity index (χ1n) is 8.03. The molecular formula is C17H32N2+2. The highest BCUT2D eigenvalue weighted by atomic mass is 15.2. The first kappa shape index (κ1) is 14.8. The highest BCUT2D eigenvalue weighted by Crippen LogP contribution is 2.27. The molecule has 2 aliphatic rings. The molecule has 1 unspecified atom stereocenters. The minimum Gasteiger partial charge on any atom is -0.337 e. The van der Waals surface area contributed by atoms with E-state index in [2.05, 4.69) is 33.7 Å². The van der Waals surface area contributed by atoms with Gasteiger partial charge in [-0.1, -0.05) is 18.2 Å². The predicted octanol–water partition coefficient (Wildman–Crippen LogP) is 0.481. The summed E-state index contributed by atoms with van der Waals surface area (Å²) < 4.78 is 0. The van der Waals surface area contributed by atoms with Gasteiger partial charge in [0, 0.05) is 12.8 Å². The van der Waals surface area contributed by atoms with Gasteiger partial charge in [-0.05, 0) is 37.7 Å². The number of hydrogen-bond acceptors (Lipinski definition) is 0. The molecule has 108 valence electrons. The zero-order chi connectivity index (χ0) is 13.8. The van der Waals surface area contributed by atoms with Crippen molar-refractivity contribution in [1.29, 1.82) is 0 Å². The summed E-state index contributed by atoms with van der Waals surface area (Å²) >= 11 is 0. The van der Waals surface area contributed by atoms with Gasteiger partial charge in [-0.25, -0.2) is 0 Å². The van der Waals surface area contributed by atoms with E-state index in [1.54, 1.807) is 15.4 Å². The molecule has 0 radical (unpaired) electrons. The summed E-state index contributed by atoms with van der Waals surface area (Å²) in [7, 11) is 4.73. The van der Waals surface area contributed by atoms with Crippen LogP contribution in [-0.4, -0.2) is 39.8 Å². The lowest BCUT2D eigenvalue weighted by Crippen LogP contribution is -3.18. The molecule has 2 atom stereocenters. The molecule has 19 heavy (non-hydrogen) atoms. The minimum atomic E-state index is 0.746. The highest BCUT2D eigenvalue weighted by molar-refractivity contribution is 5.12. The summed E-state index contributed by atoms with van der Waals surface area (Å²) in [6, 6.07) is 0.892. The van der Waals surface area contributed by atoms with Crippen LogP contribution in [0.5, 0.6) is 0 Å². The van der Waals surface area contributed by atoms with E-state index in [1.165, 1.54) is 57.3 Å². The number of quaternary nitrogens is 2. The van der Waals surface area contributed by atoms with E-state index in [0.717, 1.165) is 12.0 Å². The van der Waals surface area contributed by atoms with Crippen molar-refractivity contribution in [3.05, 3.63) is 23.8 Å². The monoisotopic (exact) mass is 264 g/mol. The van der Waals surface area contributed by atoms with Crippen LogP contribution in [0.4, 0.5) is 0 Å². The Kier molecular flexibility index (Phi) is 5.23. The molecule has 2 rings (SSSR count). The van der Waals surface area contributed by atoms with Crippen LogP contribution in [0.1, 0.15) is 39.0 Å². The summed E-state index contributed by atoms with van der Waals surface area (Å²) in [6.07, 6.45) is 9.17. The topological polar surface area (TPSA) is 8.88 Å². The fourth-order valence-electron chi connectivity index (χ4n) is 3.60. The second-order valence-corrected chi connectivity index (χ2v) is 6.93. The van der Waals surface area contributed by atoms with Gasteiger partial charge in [0.15, 0.2) is 0 Å². The smallest absolute Gasteiger partial charge is 0.0987 e. The third-order valence-corrected chi connectivity index (χ3v) is 5.24. The largest absolute Gasteiger partial charge is 0.337 e. The Morgan fingerprint density at radius 2 is 2.05 bits per heavy atom. The van der Waals surface area contributed by atoms with Crippen molar-refractivity contribution in [3.63, 3.8) is 0 Å². The number of rotatable bonds is 4. The van der Waals surface area contributed by atoms with Crippen molar-refractivity contribution in [2.24, 2.45) is 5.92 Å². The van der Waals surface area contributed by atoms with Crippen LogP contribution in [-0.2, 0) is 0 Å². The number of piperidine rings is 1. The minimum absolute atomic E-state index is 0.746. The van der Waals surface area contributed by atoms with Gasteiger partial charge in [-0.15, -0.1) is 0 Å². The van der Waals surface area contributed by atoms with Gasteiger partial charge in [0.25, 0.3) is 0 Å². The second kappa shape index (κ2) is 6.71. The van der Waals surface area contributed by atoms with Crippen molar-refractivity contribution in [2.45, 2.75) is 45.1 Å². The Morgan fingerprint density at radius 3 is 2.58 bits per heavy atom. The van der Waals surface area contributed by atoms with Crippen molar-refractivity contribution in [3.8, 4) is 0 Å². The fourth-order valence-corrected chi connectivity index (χ4v) is 3.60. The summed E-state index contributed by atoms with van der Waals surface area (Å²) in [4.78, 5) is 3.46. The zero-order valence-corrected chi connectivity index (χ0v) is 13.1. The fraction of sp³-hybridized carbons (Fsp3) is 0.765. The molecule has 0 saturated carbocycles. The maximum atomic E-state index is 4.11. The molecule has 1 fully saturated rings. The lowest BCUT2D eigenvalue weighted by molar-refractivity contribution is -0.937. The standard InChI is InChI=1S/C17H30N2/c1-14(2)16-7-5-15(6-8-16)13-19(4)17-9-11-18(3)12-10-17/h5,16-17H,1,6-13H2,2-4H3/p+2/t16-/m0/s1. The van der Waals surface area contributed by atoms with Gasteiger partial charge in [-0.3, -0.25) is 0 Å². The normalized spacial score (nSPS) is 33.6. The van der Waals surface area contributed by atoms with Gasteiger partial charge < -0.3 is 9.80 Å². The van der Waals surface area contributed by atoms with Gasteiger partial charge in [0.2, 0.25) is 0 Å². The van der Waals surface area contributed by atoms with Crippen LogP contribution >= 0.6 is 0 Å². The average Bonchev–Trinajstić information content (AvgIpc) is 2.40. The van der Waals surface area contributed by atoms with E-state index >= 15 is 0 Å². The van der Waals surface area contributed by atoms with E-state index in [9.17, 15) is 0 Å². The maximum Gasteiger partial charge on any atom is 0.0987 e. The van der Waals surface area contributed by atoms with Crippen molar-refractivity contribution < 1.29 is 9.80 Å². The lowest BCUT2D eigenvalue weighted by Gasteiger charge is -2.32. The Hall–Kier alpha value is -0.600. The Balaban J connectivity index is 1.80. The second-order valence-electron chi connectivity index (χ2n) is 6.93. The first-order chi connectivity index (χ1) is 9.06. The van der Waals surface area contributed by atoms with Gasteiger partial charge >= 0.3 is 0 Å². The highest BCUT2D eigenvalue weighted by Gasteiger charge is 2.27. The molecule has 0 spiro atoms. The van der Waals surface area contributed by atoms with Gasteiger partial charge in [-0.2, -0.15) is 0 Å². The molecule has 0 aromatic carbocycles. The summed E-state index contributed by atoms with van der Waals surface area (Å²) in [5.41, 5.74) is 3.07. The van der Waals surface area contributed by atoms with Crippen LogP contribution in [0, 0.1) is 5.92 Å². The quantitative estimate of drug-likeness (QED) is 0.684. The molecule has 2 heteroatoms. The number of hydrogen-bond donors (Lipinski definition) is 2. The van der Waals surface area contributed by atoms with E-state index in [1.807, 2.05) is 0 Å². The number of likely N-dealkylation sites (N-methyl/N-ethyl adjacent to an activating group) is 1. The van der Waals surface area contributed by atoms with Crippen molar-refractivity contribution in [2.75, 3.05) is 33.7 Å². The molecule has 2 N–H and O–H groups in total. The molecule has 1 aliphatic heterocycles. The molecule has 1 heterocycles. The molecule has 0 aromatic rings. The number of allylic oxidation sites excluding steroid dienone is 2. The van der Waals surface area contributed by atoms with E-state index in [0.29, 0.717) is 0 Å². The third-order valence-electron chi connectivity index (χ3n) is 5.24. The number of nitrogens with one attached hydrogen (secondary N) is 2. The molecule has 0 amide bonds. The van der Waals surface area contributed by atoms with Crippen LogP contribution in [0.25, 0.3) is 0 Å². The Bertz CT molecular complexity index is 337. The van der Waals surface area contributed by atoms with Crippen LogP contribution < -0.4 is 9.80 Å². The summed E-state index contributed by atoms with van der Waals surface area (Å²) in [6.45, 7) is 10.3. The van der Waals surface area contributed by atoms with Crippen LogP contribution in [0.15, 0.2) is 23.8 Å². The molecule has 0 aromatic heterocycles. The Labute approximate surface area is 119 Å². The van der Waals surface area contributed by atoms with Crippen molar-refractivity contribution in [1.82, 2.24) is 0 Å². The lowest BCUT2D eigenvalue weighted by atomic mass is 9.85. The molecule has 1 saturated heterocycles. The molecule has 0 bridgehead atoms. The van der Waals surface area contributed by atoms with E-state index < -0.39 is 0 Å². The SMILES string of the molecule is C=C(C)[C@H]1CC=C(C[NH+](C)C2CC[NH+](C)CC2)CC1. The number of likely N-dealkylation sites (tertiary alicyclic amines) is 1. The predicted molar refractivity (Wildman–Crippen MR) is 81.6 cm³/mol. The summed E-state index contributed by atoms with van der Waals surface area (Å²) in [5, 5.41) is 0. The molecule has 2 nitrogen and oxygen atoms in total. The first-order valence-corrected chi connectivity index (χ1v) is 8.03. The van der Waals surface area contributed by atoms with Crippen LogP contribution in [0.3, 0.4) is 0 Å². The van der Waals surface area contributed by atoms with E-state index in [4.69, 9.17) is 0 Å². The van der Waals surface area contributed by atoms with E-state index in [-0.39, 0.29) is 0 Å². The van der Waals surface area contributed by atoms with Gasteiger partial charge in [0.05, 0.1) is 39.8 Å². The molecular weight excluding hydrogens is 232 g/mol.